The van der Waals surface area contributed by atoms with E-state index < -0.39 is 0 Å². The van der Waals surface area contributed by atoms with Crippen LogP contribution >= 0.6 is 0 Å². The van der Waals surface area contributed by atoms with Gasteiger partial charge in [0.05, 0.1) is 0 Å². The van der Waals surface area contributed by atoms with E-state index in [1.165, 1.54) is 16.7 Å². The van der Waals surface area contributed by atoms with Gasteiger partial charge >= 0.3 is 0 Å². The lowest BCUT2D eigenvalue weighted by Gasteiger charge is -2.18. The van der Waals surface area contributed by atoms with Gasteiger partial charge in [0.25, 0.3) is 0 Å². The maximum absolute atomic E-state index is 8.35. The van der Waals surface area contributed by atoms with Crippen molar-refractivity contribution in [3.05, 3.63) is 108 Å². The topological polar surface area (TPSA) is 123 Å². The second kappa shape index (κ2) is 16.3. The molecule has 0 saturated carbocycles. The second-order valence-corrected chi connectivity index (χ2v) is 4.97. The van der Waals surface area contributed by atoms with Crippen molar-refractivity contribution in [2.45, 2.75) is 5.92 Å². The number of carbonyl (C=O) groups excluding carboxylic acids is 3. The van der Waals surface area contributed by atoms with E-state index in [1.807, 2.05) is 0 Å². The van der Waals surface area contributed by atoms with Crippen molar-refractivity contribution in [1.29, 1.82) is 16.2 Å². The van der Waals surface area contributed by atoms with E-state index in [9.17, 15) is 0 Å². The first-order valence-corrected chi connectivity index (χ1v) is 7.96. The Morgan fingerprint density at radius 1 is 0.464 bits per heavy atom. The molecule has 0 fully saturated rings. The Labute approximate surface area is 163 Å². The van der Waals surface area contributed by atoms with Crippen molar-refractivity contribution in [2.75, 3.05) is 0 Å². The lowest BCUT2D eigenvalue weighted by Crippen LogP contribution is -2.02. The Morgan fingerprint density at radius 2 is 0.643 bits per heavy atom. The summed E-state index contributed by atoms with van der Waals surface area (Å²) >= 11 is 0. The first-order chi connectivity index (χ1) is 13.7. The van der Waals surface area contributed by atoms with E-state index in [4.69, 9.17) is 30.6 Å². The quantitative estimate of drug-likeness (QED) is 0.354. The molecule has 0 atom stereocenters. The molecular weight excluding hydrogens is 354 g/mol. The van der Waals surface area contributed by atoms with Crippen LogP contribution in [0.4, 0.5) is 0 Å². The summed E-state index contributed by atoms with van der Waals surface area (Å²) in [4.78, 5) is 25.0. The Balaban J connectivity index is 0.000000695. The van der Waals surface area contributed by atoms with E-state index in [0.717, 1.165) is 18.2 Å². The monoisotopic (exact) mass is 373 g/mol. The molecule has 140 valence electrons. The largest absolute Gasteiger partial charge is 0.231 e. The van der Waals surface area contributed by atoms with Crippen molar-refractivity contribution in [1.82, 2.24) is 0 Å². The molecule has 3 aromatic rings. The predicted octanol–water partition coefficient (Wildman–Crippen LogP) is 4.57. The van der Waals surface area contributed by atoms with Crippen LogP contribution in [0.25, 0.3) is 0 Å². The Hall–Kier alpha value is -4.20. The van der Waals surface area contributed by atoms with Crippen molar-refractivity contribution in [3.8, 4) is 0 Å². The maximum Gasteiger partial charge on any atom is 0.231 e. The highest BCUT2D eigenvalue weighted by molar-refractivity contribution is 5.42. The minimum absolute atomic E-state index is 0.309. The molecule has 0 spiro atoms. The van der Waals surface area contributed by atoms with Crippen molar-refractivity contribution >= 4 is 18.2 Å². The lowest BCUT2D eigenvalue weighted by atomic mass is 9.85. The fraction of sp³-hybridized carbons (Fsp3) is 0.0455. The summed E-state index contributed by atoms with van der Waals surface area (Å²) in [5.41, 5.74) is 4.00. The molecule has 0 saturated heterocycles. The molecule has 0 aromatic heterocycles. The van der Waals surface area contributed by atoms with Crippen LogP contribution in [-0.4, -0.2) is 18.2 Å². The van der Waals surface area contributed by atoms with E-state index in [1.54, 1.807) is 0 Å². The van der Waals surface area contributed by atoms with Crippen molar-refractivity contribution in [2.24, 2.45) is 0 Å². The molecule has 3 aromatic carbocycles. The van der Waals surface area contributed by atoms with Gasteiger partial charge in [-0.3, -0.25) is 0 Å². The van der Waals surface area contributed by atoms with Gasteiger partial charge in [-0.25, -0.2) is 30.6 Å². The van der Waals surface area contributed by atoms with Gasteiger partial charge in [0, 0.05) is 5.92 Å². The van der Waals surface area contributed by atoms with E-state index in [0.29, 0.717) is 5.92 Å². The molecule has 3 rings (SSSR count). The zero-order chi connectivity index (χ0) is 21.0. The molecule has 0 radical (unpaired) electrons. The van der Waals surface area contributed by atoms with Crippen LogP contribution in [0.1, 0.15) is 22.6 Å². The van der Waals surface area contributed by atoms with Gasteiger partial charge in [-0.2, -0.15) is 0 Å². The number of rotatable bonds is 3. The summed E-state index contributed by atoms with van der Waals surface area (Å²) in [7, 11) is 0. The third kappa shape index (κ3) is 9.33. The normalized spacial score (nSPS) is 8.04. The average molecular weight is 373 g/mol. The van der Waals surface area contributed by atoms with Gasteiger partial charge < -0.3 is 0 Å². The van der Waals surface area contributed by atoms with Gasteiger partial charge in [0.1, 0.15) is 0 Å². The van der Waals surface area contributed by atoms with Crippen LogP contribution < -0.4 is 0 Å². The van der Waals surface area contributed by atoms with Crippen LogP contribution in [0.3, 0.4) is 0 Å². The maximum atomic E-state index is 8.35. The molecule has 0 aliphatic rings. The number of benzene rings is 3. The highest BCUT2D eigenvalue weighted by Crippen LogP contribution is 2.31. The van der Waals surface area contributed by atoms with Crippen LogP contribution in [0, 0.1) is 16.2 Å². The van der Waals surface area contributed by atoms with Crippen LogP contribution in [-0.2, 0) is 14.4 Å². The second-order valence-electron chi connectivity index (χ2n) is 4.97. The standard InChI is InChI=1S/C19H16.3CHNO/c1-4-10-16(11-5-1)19(17-12-6-2-7-13-17)18-14-8-3-9-15-18;3*2-1-3/h1-15,19H;3*2H. The molecule has 6 nitrogen and oxygen atoms in total. The number of nitrogens with one attached hydrogen (secondary N) is 3. The first kappa shape index (κ1) is 23.8. The Bertz CT molecular complexity index is 758. The molecule has 0 heterocycles. The first-order valence-electron chi connectivity index (χ1n) is 7.96. The SMILES string of the molecule is N=C=O.N=C=O.N=C=O.c1ccc(C(c2ccccc2)c2ccccc2)cc1. The molecular formula is C22H19N3O3. The third-order valence-electron chi connectivity index (χ3n) is 3.40. The fourth-order valence-electron chi connectivity index (χ4n) is 2.51. The predicted molar refractivity (Wildman–Crippen MR) is 106 cm³/mol. The zero-order valence-corrected chi connectivity index (χ0v) is 15.0. The molecule has 0 unspecified atom stereocenters. The van der Waals surface area contributed by atoms with Gasteiger partial charge in [-0.15, -0.1) is 0 Å². The highest BCUT2D eigenvalue weighted by Gasteiger charge is 2.15. The van der Waals surface area contributed by atoms with Crippen LogP contribution in [0.2, 0.25) is 0 Å². The van der Waals surface area contributed by atoms with Gasteiger partial charge in [-0.1, -0.05) is 91.0 Å². The number of hydrogen-bond donors (Lipinski definition) is 3. The molecule has 3 N–H and O–H groups in total. The fourth-order valence-corrected chi connectivity index (χ4v) is 2.51. The smallest absolute Gasteiger partial charge is 0.222 e. The Morgan fingerprint density at radius 3 is 0.821 bits per heavy atom. The Kier molecular flexibility index (Phi) is 13.8. The number of isocyanates is 3. The molecule has 0 bridgehead atoms. The highest BCUT2D eigenvalue weighted by atomic mass is 16.1. The molecule has 0 aliphatic carbocycles. The minimum Gasteiger partial charge on any atom is -0.222 e. The number of hydrogen-bond acceptors (Lipinski definition) is 6. The molecule has 6 heteroatoms. The van der Waals surface area contributed by atoms with E-state index >= 15 is 0 Å². The minimum atomic E-state index is 0.309. The summed E-state index contributed by atoms with van der Waals surface area (Å²) in [6.45, 7) is 0. The zero-order valence-electron chi connectivity index (χ0n) is 15.0. The van der Waals surface area contributed by atoms with Gasteiger partial charge in [0.2, 0.25) is 18.2 Å². The lowest BCUT2D eigenvalue weighted by molar-refractivity contribution is 0.562. The summed E-state index contributed by atoms with van der Waals surface area (Å²) in [6.07, 6.45) is 2.25. The summed E-state index contributed by atoms with van der Waals surface area (Å²) in [6, 6.07) is 32.0. The van der Waals surface area contributed by atoms with Crippen LogP contribution in [0.5, 0.6) is 0 Å². The average Bonchev–Trinajstić information content (AvgIpc) is 2.73. The van der Waals surface area contributed by atoms with Gasteiger partial charge in [-0.05, 0) is 16.7 Å². The third-order valence-corrected chi connectivity index (χ3v) is 3.40. The van der Waals surface area contributed by atoms with Gasteiger partial charge in [0.15, 0.2) is 0 Å². The van der Waals surface area contributed by atoms with Crippen molar-refractivity contribution < 1.29 is 14.4 Å². The summed E-state index contributed by atoms with van der Waals surface area (Å²) < 4.78 is 0. The molecule has 0 aliphatic heterocycles. The van der Waals surface area contributed by atoms with E-state index in [2.05, 4.69) is 91.0 Å². The molecule has 0 amide bonds. The van der Waals surface area contributed by atoms with Crippen molar-refractivity contribution in [3.63, 3.8) is 0 Å². The van der Waals surface area contributed by atoms with E-state index in [-0.39, 0.29) is 0 Å². The molecule has 28 heavy (non-hydrogen) atoms. The summed E-state index contributed by atoms with van der Waals surface area (Å²) in [5, 5.41) is 16.2. The van der Waals surface area contributed by atoms with Crippen LogP contribution in [0.15, 0.2) is 91.0 Å². The summed E-state index contributed by atoms with van der Waals surface area (Å²) in [5.74, 6) is 0.309.